The Hall–Kier alpha value is -3.91. The molecule has 6 rings (SSSR count). The minimum Gasteiger partial charge on any atom is -0.496 e. The summed E-state index contributed by atoms with van der Waals surface area (Å²) >= 11 is 0. The van der Waals surface area contributed by atoms with Gasteiger partial charge in [0.2, 0.25) is 21.8 Å². The van der Waals surface area contributed by atoms with E-state index in [1.165, 1.54) is 4.90 Å². The molecule has 2 aliphatic heterocycles. The van der Waals surface area contributed by atoms with E-state index < -0.39 is 67.7 Å². The van der Waals surface area contributed by atoms with Crippen LogP contribution in [0.4, 0.5) is 4.79 Å². The van der Waals surface area contributed by atoms with Crippen molar-refractivity contribution in [1.82, 2.24) is 20.3 Å². The highest BCUT2D eigenvalue weighted by molar-refractivity contribution is 7.91. The summed E-state index contributed by atoms with van der Waals surface area (Å²) in [5.41, 5.74) is -1.47. The van der Waals surface area contributed by atoms with Gasteiger partial charge in [-0.05, 0) is 90.5 Å². The van der Waals surface area contributed by atoms with Gasteiger partial charge in [0, 0.05) is 13.5 Å². The predicted molar refractivity (Wildman–Crippen MR) is 199 cm³/mol. The van der Waals surface area contributed by atoms with Gasteiger partial charge in [-0.25, -0.2) is 13.2 Å². The number of hydrogen-bond donors (Lipinski definition) is 3. The van der Waals surface area contributed by atoms with Crippen LogP contribution in [0.2, 0.25) is 0 Å². The summed E-state index contributed by atoms with van der Waals surface area (Å²) in [4.78, 5) is 56.9. The van der Waals surface area contributed by atoms with Gasteiger partial charge in [-0.3, -0.25) is 19.1 Å². The molecule has 0 radical (unpaired) electrons. The molecule has 14 heteroatoms. The van der Waals surface area contributed by atoms with Gasteiger partial charge in [0.15, 0.2) is 0 Å². The first-order valence-corrected chi connectivity index (χ1v) is 20.4. The smallest absolute Gasteiger partial charge is 0.407 e. The summed E-state index contributed by atoms with van der Waals surface area (Å²) in [5.74, 6) is -1.06. The van der Waals surface area contributed by atoms with Crippen LogP contribution in [0.5, 0.6) is 5.75 Å². The summed E-state index contributed by atoms with van der Waals surface area (Å²) in [5, 5.41) is 6.94. The molecule has 0 spiro atoms. The Bertz CT molecular complexity index is 1850. The summed E-state index contributed by atoms with van der Waals surface area (Å²) in [6.07, 6.45) is 7.42. The topological polar surface area (TPSA) is 169 Å². The summed E-state index contributed by atoms with van der Waals surface area (Å²) in [6, 6.07) is 7.92. The fourth-order valence-electron chi connectivity index (χ4n) is 7.61. The second kappa shape index (κ2) is 15.1. The third-order valence-corrected chi connectivity index (χ3v) is 13.1. The van der Waals surface area contributed by atoms with Gasteiger partial charge in [0.25, 0.3) is 5.91 Å². The van der Waals surface area contributed by atoms with Crippen LogP contribution < -0.4 is 20.1 Å². The lowest BCUT2D eigenvalue weighted by atomic mass is 9.85. The summed E-state index contributed by atoms with van der Waals surface area (Å²) in [6.45, 7) is 5.67. The maximum atomic E-state index is 14.7. The number of ether oxygens (including phenoxy) is 3. The first-order valence-electron chi connectivity index (χ1n) is 18.9. The number of nitrogens with one attached hydrogen (secondary N) is 3. The Morgan fingerprint density at radius 1 is 0.962 bits per heavy atom. The third-order valence-electron chi connectivity index (χ3n) is 11.3. The van der Waals surface area contributed by atoms with Crippen molar-refractivity contribution in [1.29, 1.82) is 0 Å². The second-order valence-electron chi connectivity index (χ2n) is 16.3. The van der Waals surface area contributed by atoms with E-state index in [2.05, 4.69) is 21.4 Å². The number of fused-ring (bicyclic) bond motifs is 5. The molecule has 2 aliphatic carbocycles. The van der Waals surface area contributed by atoms with Gasteiger partial charge in [-0.15, -0.1) is 0 Å². The Balaban J connectivity index is 1.37. The van der Waals surface area contributed by atoms with Crippen molar-refractivity contribution >= 4 is 44.6 Å². The Morgan fingerprint density at radius 2 is 1.66 bits per heavy atom. The molecule has 2 aromatic rings. The average Bonchev–Trinajstić information content (AvgIpc) is 4.05. The average molecular weight is 755 g/mol. The van der Waals surface area contributed by atoms with E-state index in [1.54, 1.807) is 14.2 Å². The molecule has 2 heterocycles. The number of amides is 4. The molecule has 5 bridgehead atoms. The monoisotopic (exact) mass is 754 g/mol. The molecule has 3 atom stereocenters. The number of alkyl carbamates (subject to hydrolysis) is 1. The van der Waals surface area contributed by atoms with Crippen LogP contribution >= 0.6 is 0 Å². The number of methoxy groups -OCH3 is 2. The Kier molecular flexibility index (Phi) is 11.0. The number of cyclic esters (lactones) is 1. The lowest BCUT2D eigenvalue weighted by Crippen LogP contribution is -2.59. The van der Waals surface area contributed by atoms with Crippen LogP contribution in [0.25, 0.3) is 10.8 Å². The van der Waals surface area contributed by atoms with Crippen LogP contribution in [-0.2, 0) is 45.9 Å². The second-order valence-corrected chi connectivity index (χ2v) is 18.3. The van der Waals surface area contributed by atoms with Crippen LogP contribution in [0.1, 0.15) is 103 Å². The molecule has 0 aromatic heterocycles. The van der Waals surface area contributed by atoms with Crippen molar-refractivity contribution in [3.63, 3.8) is 0 Å². The highest BCUT2D eigenvalue weighted by Gasteiger charge is 2.57. The molecule has 4 amide bonds. The molecular formula is C39H54N4O9S. The number of carbonyl (C=O) groups excluding carboxylic acids is 4. The van der Waals surface area contributed by atoms with Gasteiger partial charge < -0.3 is 29.7 Å². The Morgan fingerprint density at radius 3 is 2.30 bits per heavy atom. The summed E-state index contributed by atoms with van der Waals surface area (Å²) in [7, 11) is -0.617. The van der Waals surface area contributed by atoms with Gasteiger partial charge in [-0.1, -0.05) is 58.6 Å². The number of carbonyl (C=O) groups is 4. The predicted octanol–water partition coefficient (Wildman–Crippen LogP) is 4.59. The normalized spacial score (nSPS) is 25.6. The molecular weight excluding hydrogens is 701 g/mol. The van der Waals surface area contributed by atoms with E-state index in [4.69, 9.17) is 14.2 Å². The van der Waals surface area contributed by atoms with Crippen molar-refractivity contribution in [2.45, 2.75) is 126 Å². The molecule has 53 heavy (non-hydrogen) atoms. The standard InChI is InChI=1S/C39H54N4O9S/c1-37(2,3)32-34(45)43-24-39(51-5,23-30(43)33(44)41-38(17-18-38)35(46)42-53(48,49)29-15-16-29)28-14-13-25-22-31(50-4)26(20-27(25)21-28)12-10-8-6-7-9-11-19-52-36(47)40-32/h13-14,20-22,29-30,32H,6-12,15-19,23-24H2,1-5H3,(H,40,47)(H,41,44)(H,42,46)/t30-,32+,39-/m0/s1. The first-order chi connectivity index (χ1) is 25.1. The van der Waals surface area contributed by atoms with E-state index in [0.717, 1.165) is 66.2 Å². The van der Waals surface area contributed by atoms with Gasteiger partial charge >= 0.3 is 6.09 Å². The van der Waals surface area contributed by atoms with Crippen LogP contribution in [0, 0.1) is 5.41 Å². The highest BCUT2D eigenvalue weighted by atomic mass is 32.2. The Labute approximate surface area is 312 Å². The maximum Gasteiger partial charge on any atom is 0.407 e. The SMILES string of the molecule is COc1cc2ccc3cc2cc1CCCCCCCCOC(=O)N[C@@H](C(C)(C)C)C(=O)N1C[C@@]3(OC)C[C@H]1C(=O)NC1(C(=O)NS(=O)(=O)C2CC2)CC1. The van der Waals surface area contributed by atoms with E-state index in [1.807, 2.05) is 45.0 Å². The van der Waals surface area contributed by atoms with E-state index >= 15 is 0 Å². The van der Waals surface area contributed by atoms with Gasteiger partial charge in [0.05, 0.1) is 25.5 Å². The van der Waals surface area contributed by atoms with Crippen molar-refractivity contribution in [2.75, 3.05) is 27.4 Å². The number of hydrogen-bond acceptors (Lipinski definition) is 9. The molecule has 13 nitrogen and oxygen atoms in total. The number of rotatable bonds is 7. The molecule has 290 valence electrons. The van der Waals surface area contributed by atoms with Crippen molar-refractivity contribution in [3.8, 4) is 5.75 Å². The molecule has 3 N–H and O–H groups in total. The van der Waals surface area contributed by atoms with Gasteiger partial charge in [-0.2, -0.15) is 0 Å². The fourth-order valence-corrected chi connectivity index (χ4v) is 8.99. The molecule has 4 aliphatic rings. The summed E-state index contributed by atoms with van der Waals surface area (Å²) < 4.78 is 45.0. The molecule has 2 saturated carbocycles. The lowest BCUT2D eigenvalue weighted by Gasteiger charge is -2.35. The number of nitrogens with zero attached hydrogens (tertiary/aromatic N) is 1. The number of sulfonamides is 1. The van der Waals surface area contributed by atoms with Crippen LogP contribution in [-0.4, -0.2) is 87.4 Å². The molecule has 2 aromatic carbocycles. The zero-order valence-corrected chi connectivity index (χ0v) is 32.4. The zero-order chi connectivity index (χ0) is 38.2. The molecule has 3 fully saturated rings. The highest BCUT2D eigenvalue weighted by Crippen LogP contribution is 2.43. The van der Waals surface area contributed by atoms with Crippen LogP contribution in [0.15, 0.2) is 30.3 Å². The van der Waals surface area contributed by atoms with E-state index in [-0.39, 0.29) is 32.4 Å². The van der Waals surface area contributed by atoms with E-state index in [9.17, 15) is 27.6 Å². The quantitative estimate of drug-likeness (QED) is 0.366. The van der Waals surface area contributed by atoms with Crippen molar-refractivity contribution < 1.29 is 41.8 Å². The third kappa shape index (κ3) is 8.43. The molecule has 0 unspecified atom stereocenters. The lowest BCUT2D eigenvalue weighted by molar-refractivity contribution is -0.143. The number of benzene rings is 2. The minimum atomic E-state index is -3.84. The van der Waals surface area contributed by atoms with Gasteiger partial charge in [0.1, 0.15) is 29.0 Å². The zero-order valence-electron chi connectivity index (χ0n) is 31.5. The largest absolute Gasteiger partial charge is 0.496 e. The van der Waals surface area contributed by atoms with Crippen molar-refractivity contribution in [2.24, 2.45) is 5.41 Å². The number of aryl methyl sites for hydroxylation is 1. The molecule has 1 saturated heterocycles. The minimum absolute atomic E-state index is 0.0203. The van der Waals surface area contributed by atoms with Crippen molar-refractivity contribution in [3.05, 3.63) is 41.5 Å². The van der Waals surface area contributed by atoms with E-state index in [0.29, 0.717) is 19.3 Å². The van der Waals surface area contributed by atoms with Crippen LogP contribution in [0.3, 0.4) is 0 Å². The first kappa shape index (κ1) is 38.8. The fraction of sp³-hybridized carbons (Fsp3) is 0.641. The maximum absolute atomic E-state index is 14.7.